The van der Waals surface area contributed by atoms with E-state index >= 15 is 0 Å². The molecule has 1 N–H and O–H groups in total. The second-order valence-electron chi connectivity index (χ2n) is 2.82. The predicted molar refractivity (Wildman–Crippen MR) is 65.4 cm³/mol. The molecule has 0 atom stereocenters. The fraction of sp³-hybridized carbons (Fsp3) is 0.200. The van der Waals surface area contributed by atoms with E-state index in [1.165, 1.54) is 26.0 Å². The van der Waals surface area contributed by atoms with Crippen molar-refractivity contribution in [3.63, 3.8) is 0 Å². The fourth-order valence-electron chi connectivity index (χ4n) is 0.780. The summed E-state index contributed by atoms with van der Waals surface area (Å²) in [7, 11) is 0. The first-order valence-corrected chi connectivity index (χ1v) is 5.07. The van der Waals surface area contributed by atoms with Gasteiger partial charge in [0.1, 0.15) is 5.82 Å². The van der Waals surface area contributed by atoms with Crippen LogP contribution in [0.25, 0.3) is 0 Å². The molecule has 0 unspecified atom stereocenters. The molecular formula is C10H11ClFNO2S. The number of nitrogens with one attached hydrogen (secondary N) is 1. The van der Waals surface area contributed by atoms with E-state index in [1.54, 1.807) is 0 Å². The van der Waals surface area contributed by atoms with Gasteiger partial charge in [-0.25, -0.2) is 4.39 Å². The first-order valence-electron chi connectivity index (χ1n) is 4.25. The molecule has 0 saturated heterocycles. The molecule has 0 aliphatic carbocycles. The summed E-state index contributed by atoms with van der Waals surface area (Å²) in [6.45, 7) is 2.71. The van der Waals surface area contributed by atoms with Crippen LogP contribution in [0.1, 0.15) is 13.8 Å². The van der Waals surface area contributed by atoms with Crippen molar-refractivity contribution in [3.8, 4) is 0 Å². The molecular weight excluding hydrogens is 253 g/mol. The summed E-state index contributed by atoms with van der Waals surface area (Å²) >= 11 is 8.83. The maximum absolute atomic E-state index is 12.9. The first-order chi connectivity index (χ1) is 7.32. The van der Waals surface area contributed by atoms with E-state index in [2.05, 4.69) is 17.9 Å². The highest BCUT2D eigenvalue weighted by Crippen LogP contribution is 2.18. The molecule has 0 bridgehead atoms. The molecule has 1 rings (SSSR count). The summed E-state index contributed by atoms with van der Waals surface area (Å²) in [6.07, 6.45) is 0. The van der Waals surface area contributed by atoms with Crippen molar-refractivity contribution in [2.45, 2.75) is 13.8 Å². The smallest absolute Gasteiger partial charge is 0.221 e. The van der Waals surface area contributed by atoms with Gasteiger partial charge < -0.3 is 5.32 Å². The Bertz CT molecular complexity index is 394. The second kappa shape index (κ2) is 7.24. The number of hydrogen-bond donors (Lipinski definition) is 2. The normalized spacial score (nSPS) is 8.81. The van der Waals surface area contributed by atoms with E-state index < -0.39 is 5.82 Å². The second-order valence-corrected chi connectivity index (χ2v) is 3.89. The SMILES string of the molecule is CC(=O)Nc1ccc(Cl)cc1F.CC(=O)S. The molecule has 0 spiro atoms. The Kier molecular flexibility index (Phi) is 6.76. The van der Waals surface area contributed by atoms with E-state index in [0.717, 1.165) is 6.07 Å². The highest BCUT2D eigenvalue weighted by Gasteiger charge is 2.02. The highest BCUT2D eigenvalue weighted by molar-refractivity contribution is 7.96. The minimum atomic E-state index is -0.530. The van der Waals surface area contributed by atoms with Crippen molar-refractivity contribution in [1.29, 1.82) is 0 Å². The molecule has 0 aromatic heterocycles. The average molecular weight is 264 g/mol. The van der Waals surface area contributed by atoms with Gasteiger partial charge in [-0.15, -0.1) is 12.6 Å². The topological polar surface area (TPSA) is 46.2 Å². The van der Waals surface area contributed by atoms with Gasteiger partial charge in [0, 0.05) is 18.9 Å². The number of hydrogen-bond acceptors (Lipinski definition) is 2. The molecule has 0 aliphatic heterocycles. The van der Waals surface area contributed by atoms with Gasteiger partial charge >= 0.3 is 0 Å². The lowest BCUT2D eigenvalue weighted by Crippen LogP contribution is -2.07. The molecule has 1 aromatic rings. The Morgan fingerprint density at radius 2 is 1.88 bits per heavy atom. The summed E-state index contributed by atoms with van der Waals surface area (Å²) < 4.78 is 12.9. The van der Waals surface area contributed by atoms with Crippen molar-refractivity contribution in [3.05, 3.63) is 29.0 Å². The molecule has 16 heavy (non-hydrogen) atoms. The minimum absolute atomic E-state index is 0.139. The van der Waals surface area contributed by atoms with Crippen LogP contribution in [-0.4, -0.2) is 11.0 Å². The minimum Gasteiger partial charge on any atom is -0.324 e. The summed E-state index contributed by atoms with van der Waals surface area (Å²) in [6, 6.07) is 4.07. The molecule has 88 valence electrons. The van der Waals surface area contributed by atoms with Crippen LogP contribution in [0.5, 0.6) is 0 Å². The van der Waals surface area contributed by atoms with Crippen LogP contribution in [0.4, 0.5) is 10.1 Å². The molecule has 0 heterocycles. The molecule has 0 saturated carbocycles. The Labute approximate surface area is 103 Å². The van der Waals surface area contributed by atoms with E-state index in [1.807, 2.05) is 0 Å². The lowest BCUT2D eigenvalue weighted by Gasteiger charge is -2.02. The van der Waals surface area contributed by atoms with Crippen LogP contribution in [0.2, 0.25) is 5.02 Å². The predicted octanol–water partition coefficient (Wildman–Crippen LogP) is 2.90. The molecule has 0 aliphatic rings. The lowest BCUT2D eigenvalue weighted by atomic mass is 10.3. The Balaban J connectivity index is 0.000000487. The van der Waals surface area contributed by atoms with Gasteiger partial charge in [0.05, 0.1) is 5.69 Å². The molecule has 0 fully saturated rings. The maximum Gasteiger partial charge on any atom is 0.221 e. The standard InChI is InChI=1S/C8H7ClFNO.C2H4OS/c1-5(12)11-8-3-2-6(9)4-7(8)10;1-2(3)4/h2-4H,1H3,(H,11,12);1H3,(H,3,4). The molecule has 6 heteroatoms. The third-order valence-electron chi connectivity index (χ3n) is 1.24. The lowest BCUT2D eigenvalue weighted by molar-refractivity contribution is -0.114. The maximum atomic E-state index is 12.9. The van der Waals surface area contributed by atoms with Gasteiger partial charge in [-0.05, 0) is 18.2 Å². The Morgan fingerprint density at radius 1 is 1.38 bits per heavy atom. The van der Waals surface area contributed by atoms with E-state index in [9.17, 15) is 14.0 Å². The van der Waals surface area contributed by atoms with Crippen molar-refractivity contribution < 1.29 is 14.0 Å². The summed E-state index contributed by atoms with van der Waals surface area (Å²) in [4.78, 5) is 19.8. The van der Waals surface area contributed by atoms with Gasteiger partial charge in [0.25, 0.3) is 0 Å². The van der Waals surface area contributed by atoms with Crippen molar-refractivity contribution in [2.75, 3.05) is 5.32 Å². The van der Waals surface area contributed by atoms with Crippen LogP contribution in [0.3, 0.4) is 0 Å². The van der Waals surface area contributed by atoms with Crippen LogP contribution < -0.4 is 5.32 Å². The van der Waals surface area contributed by atoms with E-state index in [-0.39, 0.29) is 16.7 Å². The average Bonchev–Trinajstić information content (AvgIpc) is 2.08. The van der Waals surface area contributed by atoms with Crippen molar-refractivity contribution >= 4 is 40.9 Å². The highest BCUT2D eigenvalue weighted by atomic mass is 35.5. The fourth-order valence-corrected chi connectivity index (χ4v) is 0.939. The monoisotopic (exact) mass is 263 g/mol. The zero-order chi connectivity index (χ0) is 12.7. The number of thiol groups is 1. The van der Waals surface area contributed by atoms with E-state index in [4.69, 9.17) is 11.6 Å². The Hall–Kier alpha value is -1.07. The number of anilines is 1. The van der Waals surface area contributed by atoms with Crippen LogP contribution in [-0.2, 0) is 9.59 Å². The number of amides is 1. The number of rotatable bonds is 1. The quantitative estimate of drug-likeness (QED) is 0.766. The van der Waals surface area contributed by atoms with Gasteiger partial charge in [0.2, 0.25) is 5.91 Å². The number of carbonyl (C=O) groups is 2. The van der Waals surface area contributed by atoms with Gasteiger partial charge in [-0.2, -0.15) is 0 Å². The first kappa shape index (κ1) is 14.9. The molecule has 3 nitrogen and oxygen atoms in total. The molecule has 0 radical (unpaired) electrons. The van der Waals surface area contributed by atoms with E-state index in [0.29, 0.717) is 5.02 Å². The van der Waals surface area contributed by atoms with Crippen LogP contribution >= 0.6 is 24.2 Å². The van der Waals surface area contributed by atoms with Gasteiger partial charge in [-0.1, -0.05) is 11.6 Å². The van der Waals surface area contributed by atoms with Gasteiger partial charge in [0.15, 0.2) is 5.12 Å². The van der Waals surface area contributed by atoms with Gasteiger partial charge in [-0.3, -0.25) is 9.59 Å². The summed E-state index contributed by atoms with van der Waals surface area (Å²) in [5, 5.41) is 2.50. The summed E-state index contributed by atoms with van der Waals surface area (Å²) in [5.41, 5.74) is 0.145. The number of carbonyl (C=O) groups excluding carboxylic acids is 2. The zero-order valence-electron chi connectivity index (χ0n) is 8.75. The largest absolute Gasteiger partial charge is 0.324 e. The molecule has 1 amide bonds. The van der Waals surface area contributed by atoms with Crippen molar-refractivity contribution in [2.24, 2.45) is 0 Å². The molecule has 1 aromatic carbocycles. The van der Waals surface area contributed by atoms with Crippen molar-refractivity contribution in [1.82, 2.24) is 0 Å². The third-order valence-corrected chi connectivity index (χ3v) is 1.48. The summed E-state index contributed by atoms with van der Waals surface area (Å²) in [5.74, 6) is -0.839. The van der Waals surface area contributed by atoms with Crippen LogP contribution in [0.15, 0.2) is 18.2 Å². The Morgan fingerprint density at radius 3 is 2.25 bits per heavy atom. The van der Waals surface area contributed by atoms with Crippen LogP contribution in [0, 0.1) is 5.82 Å². The number of halogens is 2. The zero-order valence-corrected chi connectivity index (χ0v) is 10.4. The number of benzene rings is 1. The third kappa shape index (κ3) is 7.25.